The van der Waals surface area contributed by atoms with E-state index in [-0.39, 0.29) is 5.97 Å². The lowest BCUT2D eigenvalue weighted by Crippen LogP contribution is -2.04. The molecule has 1 rings (SSSR count). The van der Waals surface area contributed by atoms with E-state index < -0.39 is 0 Å². The van der Waals surface area contributed by atoms with Gasteiger partial charge in [-0.3, -0.25) is 0 Å². The maximum atomic E-state index is 11.4. The highest BCUT2D eigenvalue weighted by Gasteiger charge is 2.18. The largest absolute Gasteiger partial charge is 0.465 e. The molecular weight excluding hydrogens is 380 g/mol. The second kappa shape index (κ2) is 4.77. The molecule has 0 fully saturated rings. The summed E-state index contributed by atoms with van der Waals surface area (Å²) < 4.78 is 6.96. The van der Waals surface area contributed by atoms with Crippen molar-refractivity contribution in [2.75, 3.05) is 7.11 Å². The Morgan fingerprint density at radius 3 is 2.36 bits per heavy atom. The Morgan fingerprint density at radius 1 is 1.29 bits per heavy atom. The predicted molar refractivity (Wildman–Crippen MR) is 65.6 cm³/mol. The molecule has 0 aliphatic heterocycles. The topological polar surface area (TPSA) is 26.3 Å². The van der Waals surface area contributed by atoms with Gasteiger partial charge in [0.25, 0.3) is 0 Å². The maximum absolute atomic E-state index is 11.4. The van der Waals surface area contributed by atoms with Gasteiger partial charge in [-0.1, -0.05) is 0 Å². The van der Waals surface area contributed by atoms with Crippen molar-refractivity contribution in [1.82, 2.24) is 0 Å². The number of aryl methyl sites for hydroxylation is 1. The van der Waals surface area contributed by atoms with Crippen LogP contribution in [0.25, 0.3) is 0 Å². The number of methoxy groups -OCH3 is 1. The van der Waals surface area contributed by atoms with E-state index in [2.05, 4.69) is 52.5 Å². The highest BCUT2D eigenvalue weighted by Crippen LogP contribution is 2.35. The maximum Gasteiger partial charge on any atom is 0.340 e. The molecule has 0 unspecified atom stereocenters. The van der Waals surface area contributed by atoms with Crippen molar-refractivity contribution in [2.24, 2.45) is 0 Å². The second-order valence-electron chi connectivity index (χ2n) is 2.67. The van der Waals surface area contributed by atoms with E-state index in [1.54, 1.807) is 0 Å². The van der Waals surface area contributed by atoms with Crippen LogP contribution in [-0.4, -0.2) is 13.1 Å². The van der Waals surface area contributed by atoms with Gasteiger partial charge in [-0.2, -0.15) is 0 Å². The number of ether oxygens (including phenoxy) is 1. The number of carbonyl (C=O) groups excluding carboxylic acids is 1. The molecule has 0 bridgehead atoms. The molecule has 1 aromatic carbocycles. The summed E-state index contributed by atoms with van der Waals surface area (Å²) in [5.41, 5.74) is 1.53. The molecule has 0 saturated carbocycles. The Morgan fingerprint density at radius 2 is 1.86 bits per heavy atom. The third kappa shape index (κ3) is 2.20. The van der Waals surface area contributed by atoms with Gasteiger partial charge in [0.15, 0.2) is 0 Å². The fourth-order valence-electron chi connectivity index (χ4n) is 1.00. The van der Waals surface area contributed by atoms with E-state index >= 15 is 0 Å². The third-order valence-electron chi connectivity index (χ3n) is 1.73. The number of hydrogen-bond donors (Lipinski definition) is 0. The summed E-state index contributed by atoms with van der Waals surface area (Å²) >= 11 is 10.1. The molecule has 0 saturated heterocycles. The van der Waals surface area contributed by atoms with Gasteiger partial charge in [0.1, 0.15) is 0 Å². The van der Waals surface area contributed by atoms with Crippen LogP contribution in [0, 0.1) is 6.92 Å². The van der Waals surface area contributed by atoms with Gasteiger partial charge in [0, 0.05) is 13.4 Å². The summed E-state index contributed by atoms with van der Waals surface area (Å²) in [5, 5.41) is 0. The summed E-state index contributed by atoms with van der Waals surface area (Å²) in [5.74, 6) is -0.371. The lowest BCUT2D eigenvalue weighted by atomic mass is 10.1. The van der Waals surface area contributed by atoms with Gasteiger partial charge >= 0.3 is 5.97 Å². The molecule has 0 spiro atoms. The van der Waals surface area contributed by atoms with Crippen LogP contribution < -0.4 is 0 Å². The fraction of sp³-hybridized carbons (Fsp3) is 0.222. The quantitative estimate of drug-likeness (QED) is 0.537. The van der Waals surface area contributed by atoms with Crippen LogP contribution in [0.4, 0.5) is 0 Å². The molecule has 0 N–H and O–H groups in total. The normalized spacial score (nSPS) is 10.1. The number of carbonyl (C=O) groups is 1. The smallest absolute Gasteiger partial charge is 0.340 e. The van der Waals surface area contributed by atoms with Gasteiger partial charge in [0.2, 0.25) is 0 Å². The first-order valence-electron chi connectivity index (χ1n) is 3.71. The third-order valence-corrected chi connectivity index (χ3v) is 4.70. The van der Waals surface area contributed by atoms with E-state index in [1.165, 1.54) is 7.11 Å². The molecule has 5 heteroatoms. The molecule has 0 radical (unpaired) electrons. The summed E-state index contributed by atoms with van der Waals surface area (Å²) in [6, 6.07) is 1.86. The molecule has 76 valence electrons. The van der Waals surface area contributed by atoms with Gasteiger partial charge in [-0.05, 0) is 66.3 Å². The second-order valence-corrected chi connectivity index (χ2v) is 5.11. The van der Waals surface area contributed by atoms with Crippen molar-refractivity contribution in [3.63, 3.8) is 0 Å². The van der Waals surface area contributed by atoms with Gasteiger partial charge in [0.05, 0.1) is 12.7 Å². The molecule has 0 aliphatic rings. The number of esters is 1. The zero-order chi connectivity index (χ0) is 10.9. The molecule has 0 amide bonds. The zero-order valence-electron chi connectivity index (χ0n) is 7.53. The minimum atomic E-state index is -0.371. The number of halogens is 3. The van der Waals surface area contributed by atoms with Gasteiger partial charge in [-0.15, -0.1) is 0 Å². The average molecular weight is 387 g/mol. The lowest BCUT2D eigenvalue weighted by Gasteiger charge is -2.09. The molecule has 2 nitrogen and oxygen atoms in total. The highest BCUT2D eigenvalue weighted by atomic mass is 79.9. The summed E-state index contributed by atoms with van der Waals surface area (Å²) in [6.45, 7) is 1.95. The van der Waals surface area contributed by atoms with E-state index in [1.807, 2.05) is 13.0 Å². The molecule has 0 aromatic heterocycles. The summed E-state index contributed by atoms with van der Waals surface area (Å²) in [7, 11) is 1.36. The Labute approximate surface area is 107 Å². The molecule has 1 aromatic rings. The van der Waals surface area contributed by atoms with Crippen molar-refractivity contribution in [2.45, 2.75) is 6.92 Å². The number of rotatable bonds is 1. The minimum Gasteiger partial charge on any atom is -0.465 e. The van der Waals surface area contributed by atoms with Crippen LogP contribution in [0.2, 0.25) is 0 Å². The lowest BCUT2D eigenvalue weighted by molar-refractivity contribution is 0.0598. The van der Waals surface area contributed by atoms with Crippen LogP contribution in [-0.2, 0) is 4.74 Å². The van der Waals surface area contributed by atoms with Crippen LogP contribution in [0.3, 0.4) is 0 Å². The monoisotopic (exact) mass is 384 g/mol. The van der Waals surface area contributed by atoms with Crippen LogP contribution in [0.1, 0.15) is 15.9 Å². The standard InChI is InChI=1S/C9H7Br3O2/c1-4-3-5(10)6(9(13)14-2)8(12)7(4)11/h3H,1-2H3. The molecule has 0 heterocycles. The molecule has 14 heavy (non-hydrogen) atoms. The van der Waals surface area contributed by atoms with Gasteiger partial charge < -0.3 is 4.74 Å². The average Bonchev–Trinajstić information content (AvgIpc) is 2.14. The minimum absolute atomic E-state index is 0.371. The Balaban J connectivity index is 3.44. The Hall–Kier alpha value is 0.130. The van der Waals surface area contributed by atoms with Crippen molar-refractivity contribution in [1.29, 1.82) is 0 Å². The summed E-state index contributed by atoms with van der Waals surface area (Å²) in [6.07, 6.45) is 0. The van der Waals surface area contributed by atoms with E-state index in [0.717, 1.165) is 14.5 Å². The number of benzene rings is 1. The van der Waals surface area contributed by atoms with Crippen molar-refractivity contribution < 1.29 is 9.53 Å². The van der Waals surface area contributed by atoms with Crippen LogP contribution in [0.5, 0.6) is 0 Å². The van der Waals surface area contributed by atoms with Crippen LogP contribution in [0.15, 0.2) is 19.5 Å². The summed E-state index contributed by atoms with van der Waals surface area (Å²) in [4.78, 5) is 11.4. The van der Waals surface area contributed by atoms with E-state index in [4.69, 9.17) is 0 Å². The van der Waals surface area contributed by atoms with Crippen molar-refractivity contribution in [3.05, 3.63) is 30.6 Å². The fourth-order valence-corrected chi connectivity index (χ4v) is 2.97. The SMILES string of the molecule is COC(=O)c1c(Br)cc(C)c(Br)c1Br. The zero-order valence-corrected chi connectivity index (χ0v) is 12.3. The first-order chi connectivity index (χ1) is 6.49. The predicted octanol–water partition coefficient (Wildman–Crippen LogP) is 4.07. The van der Waals surface area contributed by atoms with E-state index in [9.17, 15) is 4.79 Å². The first-order valence-corrected chi connectivity index (χ1v) is 6.09. The van der Waals surface area contributed by atoms with Crippen LogP contribution >= 0.6 is 47.8 Å². The van der Waals surface area contributed by atoms with E-state index in [0.29, 0.717) is 10.0 Å². The highest BCUT2D eigenvalue weighted by molar-refractivity contribution is 9.13. The molecular formula is C9H7Br3O2. The van der Waals surface area contributed by atoms with Crippen molar-refractivity contribution >= 4 is 53.8 Å². The first kappa shape index (κ1) is 12.2. The van der Waals surface area contributed by atoms with Crippen molar-refractivity contribution in [3.8, 4) is 0 Å². The Bertz CT molecular complexity index is 388. The molecule has 0 atom stereocenters. The Kier molecular flexibility index (Phi) is 4.15. The number of hydrogen-bond acceptors (Lipinski definition) is 2. The van der Waals surface area contributed by atoms with Gasteiger partial charge in [-0.25, -0.2) is 4.79 Å². The molecule has 0 aliphatic carbocycles.